The van der Waals surface area contributed by atoms with Gasteiger partial charge in [-0.15, -0.1) is 5.10 Å². The average molecular weight is 249 g/mol. The van der Waals surface area contributed by atoms with E-state index in [-0.39, 0.29) is 5.54 Å². The Hall–Kier alpha value is -1.39. The third kappa shape index (κ3) is 3.55. The Kier molecular flexibility index (Phi) is 3.68. The highest BCUT2D eigenvalue weighted by Gasteiger charge is 2.19. The molecule has 0 radical (unpaired) electrons. The molecule has 1 aromatic heterocycles. The number of anilines is 2. The molecule has 1 saturated heterocycles. The van der Waals surface area contributed by atoms with Gasteiger partial charge in [-0.2, -0.15) is 10.1 Å². The lowest BCUT2D eigenvalue weighted by atomic mass is 10.00. The van der Waals surface area contributed by atoms with Crippen molar-refractivity contribution in [3.63, 3.8) is 0 Å². The fourth-order valence-electron chi connectivity index (χ4n) is 2.08. The van der Waals surface area contributed by atoms with E-state index in [9.17, 15) is 0 Å². The molecule has 18 heavy (non-hydrogen) atoms. The van der Waals surface area contributed by atoms with Crippen LogP contribution in [0.2, 0.25) is 0 Å². The van der Waals surface area contributed by atoms with Crippen LogP contribution in [0.3, 0.4) is 0 Å². The molecule has 0 saturated carbocycles. The lowest BCUT2D eigenvalue weighted by Gasteiger charge is -2.30. The molecule has 5 nitrogen and oxygen atoms in total. The van der Waals surface area contributed by atoms with Gasteiger partial charge >= 0.3 is 0 Å². The van der Waals surface area contributed by atoms with E-state index in [4.69, 9.17) is 0 Å². The van der Waals surface area contributed by atoms with Gasteiger partial charge in [-0.25, -0.2) is 0 Å². The van der Waals surface area contributed by atoms with Gasteiger partial charge in [-0.1, -0.05) is 6.92 Å². The zero-order chi connectivity index (χ0) is 13.2. The molecule has 1 fully saturated rings. The SMILES string of the molecule is CC1CCN(c2nncc(NC(C)(C)C)n2)CC1. The summed E-state index contributed by atoms with van der Waals surface area (Å²) in [6.45, 7) is 10.7. The first kappa shape index (κ1) is 13.1. The summed E-state index contributed by atoms with van der Waals surface area (Å²) in [4.78, 5) is 6.77. The first-order chi connectivity index (χ1) is 8.44. The molecule has 1 aromatic rings. The largest absolute Gasteiger partial charge is 0.364 e. The molecule has 0 aliphatic carbocycles. The molecule has 0 amide bonds. The highest BCUT2D eigenvalue weighted by molar-refractivity contribution is 5.40. The summed E-state index contributed by atoms with van der Waals surface area (Å²) in [6.07, 6.45) is 4.10. The Morgan fingerprint density at radius 1 is 1.28 bits per heavy atom. The Morgan fingerprint density at radius 2 is 1.94 bits per heavy atom. The van der Waals surface area contributed by atoms with Crippen molar-refractivity contribution in [2.45, 2.75) is 46.1 Å². The molecule has 5 heteroatoms. The maximum atomic E-state index is 4.55. The van der Waals surface area contributed by atoms with E-state index in [1.165, 1.54) is 12.8 Å². The molecular weight excluding hydrogens is 226 g/mol. The summed E-state index contributed by atoms with van der Waals surface area (Å²) in [5, 5.41) is 11.5. The van der Waals surface area contributed by atoms with Crippen molar-refractivity contribution in [1.82, 2.24) is 15.2 Å². The summed E-state index contributed by atoms with van der Waals surface area (Å²) < 4.78 is 0. The van der Waals surface area contributed by atoms with Crippen molar-refractivity contribution in [3.8, 4) is 0 Å². The third-order valence-corrected chi connectivity index (χ3v) is 3.12. The number of nitrogens with one attached hydrogen (secondary N) is 1. The fourth-order valence-corrected chi connectivity index (χ4v) is 2.08. The average Bonchev–Trinajstić information content (AvgIpc) is 2.28. The Balaban J connectivity index is 2.07. The van der Waals surface area contributed by atoms with Crippen molar-refractivity contribution in [2.75, 3.05) is 23.3 Å². The van der Waals surface area contributed by atoms with E-state index in [0.717, 1.165) is 30.8 Å². The first-order valence-corrected chi connectivity index (χ1v) is 6.67. The fraction of sp³-hybridized carbons (Fsp3) is 0.769. The van der Waals surface area contributed by atoms with Crippen LogP contribution < -0.4 is 10.2 Å². The smallest absolute Gasteiger partial charge is 0.247 e. The summed E-state index contributed by atoms with van der Waals surface area (Å²) in [6, 6.07) is 0. The van der Waals surface area contributed by atoms with Gasteiger partial charge in [0.1, 0.15) is 0 Å². The zero-order valence-electron chi connectivity index (χ0n) is 11.8. The van der Waals surface area contributed by atoms with E-state index in [0.29, 0.717) is 0 Å². The van der Waals surface area contributed by atoms with Gasteiger partial charge in [-0.3, -0.25) is 0 Å². The number of aromatic nitrogens is 3. The highest BCUT2D eigenvalue weighted by atomic mass is 15.3. The zero-order valence-corrected chi connectivity index (χ0v) is 11.8. The Bertz CT molecular complexity index is 391. The van der Waals surface area contributed by atoms with Crippen molar-refractivity contribution in [1.29, 1.82) is 0 Å². The molecule has 2 rings (SSSR count). The molecule has 0 spiro atoms. The van der Waals surface area contributed by atoms with E-state index in [2.05, 4.69) is 53.1 Å². The van der Waals surface area contributed by atoms with Crippen molar-refractivity contribution in [3.05, 3.63) is 6.20 Å². The van der Waals surface area contributed by atoms with Crippen LogP contribution in [0.1, 0.15) is 40.5 Å². The van der Waals surface area contributed by atoms with Crippen LogP contribution in [-0.4, -0.2) is 33.8 Å². The normalized spacial score (nSPS) is 17.9. The van der Waals surface area contributed by atoms with Gasteiger partial charge in [0, 0.05) is 18.6 Å². The standard InChI is InChI=1S/C13H23N5/c1-10-5-7-18(8-6-10)12-15-11(9-14-17-12)16-13(2,3)4/h9-10H,5-8H2,1-4H3,(H,15,16,17). The topological polar surface area (TPSA) is 53.9 Å². The lowest BCUT2D eigenvalue weighted by molar-refractivity contribution is 0.433. The van der Waals surface area contributed by atoms with Gasteiger partial charge in [0.25, 0.3) is 0 Å². The predicted octanol–water partition coefficient (Wildman–Crippen LogP) is 2.32. The van der Waals surface area contributed by atoms with Gasteiger partial charge in [0.15, 0.2) is 5.82 Å². The Labute approximate surface area is 109 Å². The monoisotopic (exact) mass is 249 g/mol. The highest BCUT2D eigenvalue weighted by Crippen LogP contribution is 2.20. The van der Waals surface area contributed by atoms with Crippen molar-refractivity contribution < 1.29 is 0 Å². The molecule has 1 N–H and O–H groups in total. The first-order valence-electron chi connectivity index (χ1n) is 6.67. The van der Waals surface area contributed by atoms with E-state index in [1.54, 1.807) is 6.20 Å². The predicted molar refractivity (Wildman–Crippen MR) is 73.8 cm³/mol. The molecule has 0 atom stereocenters. The summed E-state index contributed by atoms with van der Waals surface area (Å²) >= 11 is 0. The Morgan fingerprint density at radius 3 is 2.56 bits per heavy atom. The van der Waals surface area contributed by atoms with E-state index < -0.39 is 0 Å². The lowest BCUT2D eigenvalue weighted by Crippen LogP contribution is -2.34. The van der Waals surface area contributed by atoms with Gasteiger partial charge in [0.2, 0.25) is 5.95 Å². The number of hydrogen-bond donors (Lipinski definition) is 1. The summed E-state index contributed by atoms with van der Waals surface area (Å²) in [7, 11) is 0. The molecule has 1 aliphatic rings. The molecular formula is C13H23N5. The van der Waals surface area contributed by atoms with Crippen LogP contribution in [0.25, 0.3) is 0 Å². The second kappa shape index (κ2) is 5.08. The van der Waals surface area contributed by atoms with Crippen LogP contribution in [-0.2, 0) is 0 Å². The van der Waals surface area contributed by atoms with E-state index in [1.807, 2.05) is 0 Å². The van der Waals surface area contributed by atoms with Crippen LogP contribution in [0.5, 0.6) is 0 Å². The maximum Gasteiger partial charge on any atom is 0.247 e. The van der Waals surface area contributed by atoms with Gasteiger partial charge in [-0.05, 0) is 39.5 Å². The van der Waals surface area contributed by atoms with Crippen molar-refractivity contribution in [2.24, 2.45) is 5.92 Å². The summed E-state index contributed by atoms with van der Waals surface area (Å²) in [5.74, 6) is 2.35. The maximum absolute atomic E-state index is 4.55. The van der Waals surface area contributed by atoms with E-state index >= 15 is 0 Å². The second-order valence-electron chi connectivity index (χ2n) is 6.19. The second-order valence-corrected chi connectivity index (χ2v) is 6.19. The van der Waals surface area contributed by atoms with Crippen LogP contribution in [0.15, 0.2) is 6.20 Å². The number of hydrogen-bond acceptors (Lipinski definition) is 5. The number of rotatable bonds is 2. The third-order valence-electron chi connectivity index (χ3n) is 3.12. The number of nitrogens with zero attached hydrogens (tertiary/aromatic N) is 4. The van der Waals surface area contributed by atoms with Gasteiger partial charge in [0.05, 0.1) is 6.20 Å². The molecule has 1 aliphatic heterocycles. The summed E-state index contributed by atoms with van der Waals surface area (Å²) in [5.41, 5.74) is -0.0102. The minimum Gasteiger partial charge on any atom is -0.364 e. The number of piperidine rings is 1. The quantitative estimate of drug-likeness (QED) is 0.871. The minimum absolute atomic E-state index is 0.0102. The van der Waals surface area contributed by atoms with Crippen LogP contribution in [0, 0.1) is 5.92 Å². The van der Waals surface area contributed by atoms with Crippen LogP contribution >= 0.6 is 0 Å². The molecule has 0 bridgehead atoms. The van der Waals surface area contributed by atoms with Crippen LogP contribution in [0.4, 0.5) is 11.8 Å². The molecule has 0 aromatic carbocycles. The molecule has 0 unspecified atom stereocenters. The van der Waals surface area contributed by atoms with Crippen molar-refractivity contribution >= 4 is 11.8 Å². The molecule has 2 heterocycles. The minimum atomic E-state index is -0.0102. The molecule has 100 valence electrons. The van der Waals surface area contributed by atoms with Gasteiger partial charge < -0.3 is 10.2 Å².